The van der Waals surface area contributed by atoms with Gasteiger partial charge in [-0.3, -0.25) is 4.90 Å². The Labute approximate surface area is 126 Å². The van der Waals surface area contributed by atoms with Crippen molar-refractivity contribution in [3.05, 3.63) is 23.8 Å². The average molecular weight is 292 g/mol. The van der Waals surface area contributed by atoms with Gasteiger partial charge in [-0.05, 0) is 20.0 Å². The molecule has 0 aliphatic carbocycles. The fourth-order valence-electron chi connectivity index (χ4n) is 3.12. The van der Waals surface area contributed by atoms with Crippen LogP contribution < -0.4 is 9.47 Å². The highest BCUT2D eigenvalue weighted by molar-refractivity contribution is 5.49. The van der Waals surface area contributed by atoms with Crippen LogP contribution in [0.5, 0.6) is 11.5 Å². The third-order valence-electron chi connectivity index (χ3n) is 4.40. The molecule has 1 fully saturated rings. The Morgan fingerprint density at radius 2 is 2.05 bits per heavy atom. The van der Waals surface area contributed by atoms with Crippen LogP contribution >= 0.6 is 0 Å². The van der Waals surface area contributed by atoms with Gasteiger partial charge in [0, 0.05) is 31.7 Å². The Morgan fingerprint density at radius 3 is 2.76 bits per heavy atom. The van der Waals surface area contributed by atoms with E-state index in [2.05, 4.69) is 16.8 Å². The number of piperazine rings is 1. The van der Waals surface area contributed by atoms with Crippen LogP contribution in [-0.2, 0) is 0 Å². The molecule has 2 aliphatic rings. The first-order valence-electron chi connectivity index (χ1n) is 7.70. The zero-order valence-electron chi connectivity index (χ0n) is 12.8. The monoisotopic (exact) mass is 292 g/mol. The predicted octanol–water partition coefficient (Wildman–Crippen LogP) is 1.13. The fraction of sp³-hybridized carbons (Fsp3) is 0.625. The van der Waals surface area contributed by atoms with E-state index in [4.69, 9.17) is 9.47 Å². The van der Waals surface area contributed by atoms with Crippen LogP contribution in [0.15, 0.2) is 18.2 Å². The van der Waals surface area contributed by atoms with Crippen LogP contribution in [0.25, 0.3) is 0 Å². The van der Waals surface area contributed by atoms with Gasteiger partial charge in [0.1, 0.15) is 12.7 Å². The summed E-state index contributed by atoms with van der Waals surface area (Å²) in [6.07, 6.45) is -0.516. The summed E-state index contributed by atoms with van der Waals surface area (Å²) in [6.45, 7) is 7.08. The van der Waals surface area contributed by atoms with E-state index in [1.54, 1.807) is 0 Å². The van der Waals surface area contributed by atoms with Crippen molar-refractivity contribution in [3.63, 3.8) is 0 Å². The molecule has 2 atom stereocenters. The highest BCUT2D eigenvalue weighted by atomic mass is 16.5. The van der Waals surface area contributed by atoms with E-state index in [9.17, 15) is 5.11 Å². The van der Waals surface area contributed by atoms with Crippen LogP contribution in [0.2, 0.25) is 0 Å². The lowest BCUT2D eigenvalue weighted by Gasteiger charge is -2.42. The molecule has 21 heavy (non-hydrogen) atoms. The van der Waals surface area contributed by atoms with Gasteiger partial charge in [0.2, 0.25) is 0 Å². The van der Waals surface area contributed by atoms with Crippen LogP contribution in [0, 0.1) is 0 Å². The molecule has 2 heterocycles. The molecule has 0 aromatic heterocycles. The number of para-hydroxylation sites is 1. The Bertz CT molecular complexity index is 486. The smallest absolute Gasteiger partial charge is 0.167 e. The minimum atomic E-state index is -0.516. The summed E-state index contributed by atoms with van der Waals surface area (Å²) in [5, 5.41) is 10.7. The number of ether oxygens (including phenoxy) is 2. The number of hydrogen-bond acceptors (Lipinski definition) is 5. The lowest BCUT2D eigenvalue weighted by molar-refractivity contribution is -0.0150. The van der Waals surface area contributed by atoms with Crippen LogP contribution in [0.4, 0.5) is 0 Å². The lowest BCUT2D eigenvalue weighted by Crippen LogP contribution is -2.53. The Hall–Kier alpha value is -1.30. The topological polar surface area (TPSA) is 45.2 Å². The Kier molecular flexibility index (Phi) is 4.33. The maximum Gasteiger partial charge on any atom is 0.167 e. The van der Waals surface area contributed by atoms with Crippen molar-refractivity contribution in [2.24, 2.45) is 0 Å². The Morgan fingerprint density at radius 1 is 1.29 bits per heavy atom. The van der Waals surface area contributed by atoms with E-state index in [0.29, 0.717) is 19.0 Å². The molecule has 2 unspecified atom stereocenters. The van der Waals surface area contributed by atoms with E-state index >= 15 is 0 Å². The number of aliphatic hydroxyl groups excluding tert-OH is 1. The maximum absolute atomic E-state index is 10.7. The molecule has 0 saturated carbocycles. The van der Waals surface area contributed by atoms with Crippen LogP contribution in [0.1, 0.15) is 18.6 Å². The van der Waals surface area contributed by atoms with Gasteiger partial charge in [0.15, 0.2) is 11.5 Å². The van der Waals surface area contributed by atoms with Crippen molar-refractivity contribution < 1.29 is 14.6 Å². The van der Waals surface area contributed by atoms with E-state index in [0.717, 1.165) is 37.5 Å². The van der Waals surface area contributed by atoms with Gasteiger partial charge in [-0.2, -0.15) is 0 Å². The first kappa shape index (κ1) is 14.6. The van der Waals surface area contributed by atoms with Gasteiger partial charge in [-0.1, -0.05) is 12.1 Å². The molecule has 1 aromatic rings. The van der Waals surface area contributed by atoms with Gasteiger partial charge in [-0.15, -0.1) is 0 Å². The number of nitrogens with zero attached hydrogens (tertiary/aromatic N) is 2. The molecule has 3 rings (SSSR count). The van der Waals surface area contributed by atoms with Crippen molar-refractivity contribution in [3.8, 4) is 11.5 Å². The molecule has 5 heteroatoms. The van der Waals surface area contributed by atoms with Crippen molar-refractivity contribution >= 4 is 0 Å². The molecule has 116 valence electrons. The molecular weight excluding hydrogens is 268 g/mol. The molecular formula is C16H24N2O3. The molecule has 0 amide bonds. The first-order chi connectivity index (χ1) is 10.2. The van der Waals surface area contributed by atoms with Gasteiger partial charge in [-0.25, -0.2) is 0 Å². The summed E-state index contributed by atoms with van der Waals surface area (Å²) >= 11 is 0. The molecule has 1 aromatic carbocycles. The number of rotatable bonds is 3. The molecule has 0 spiro atoms. The summed E-state index contributed by atoms with van der Waals surface area (Å²) in [5.74, 6) is 1.43. The zero-order chi connectivity index (χ0) is 14.8. The van der Waals surface area contributed by atoms with E-state index < -0.39 is 6.10 Å². The van der Waals surface area contributed by atoms with E-state index in [-0.39, 0.29) is 6.04 Å². The van der Waals surface area contributed by atoms with Crippen molar-refractivity contribution in [1.29, 1.82) is 0 Å². The van der Waals surface area contributed by atoms with Crippen molar-refractivity contribution in [2.45, 2.75) is 19.1 Å². The summed E-state index contributed by atoms with van der Waals surface area (Å²) in [4.78, 5) is 4.65. The minimum absolute atomic E-state index is 0.0306. The van der Waals surface area contributed by atoms with Crippen LogP contribution in [-0.4, -0.2) is 67.4 Å². The summed E-state index contributed by atoms with van der Waals surface area (Å²) in [7, 11) is 2.13. The van der Waals surface area contributed by atoms with Crippen molar-refractivity contribution in [1.82, 2.24) is 9.80 Å². The molecule has 1 saturated heterocycles. The van der Waals surface area contributed by atoms with E-state index in [1.807, 2.05) is 25.1 Å². The third-order valence-corrected chi connectivity index (χ3v) is 4.40. The van der Waals surface area contributed by atoms with Crippen molar-refractivity contribution in [2.75, 3.05) is 46.4 Å². The largest absolute Gasteiger partial charge is 0.490 e. The molecule has 1 N–H and O–H groups in total. The number of likely N-dealkylation sites (N-methyl/N-ethyl adjacent to an activating group) is 1. The fourth-order valence-corrected chi connectivity index (χ4v) is 3.12. The second-order valence-electron chi connectivity index (χ2n) is 5.77. The standard InChI is InChI=1S/C16H24N2O3/c1-3-20-14-6-4-5-12-15(19)13(11-21-16(12)14)18-9-7-17(2)8-10-18/h4-6,13,15,19H,3,7-11H2,1-2H3. The van der Waals surface area contributed by atoms with Gasteiger partial charge >= 0.3 is 0 Å². The minimum Gasteiger partial charge on any atom is -0.490 e. The summed E-state index contributed by atoms with van der Waals surface area (Å²) < 4.78 is 11.5. The number of aliphatic hydroxyl groups is 1. The van der Waals surface area contributed by atoms with E-state index in [1.165, 1.54) is 0 Å². The second kappa shape index (κ2) is 6.22. The Balaban J connectivity index is 1.79. The molecule has 5 nitrogen and oxygen atoms in total. The quantitative estimate of drug-likeness (QED) is 0.905. The number of fused-ring (bicyclic) bond motifs is 1. The first-order valence-corrected chi connectivity index (χ1v) is 7.70. The number of benzene rings is 1. The molecule has 2 aliphatic heterocycles. The summed E-state index contributed by atoms with van der Waals surface area (Å²) in [6, 6.07) is 5.78. The highest BCUT2D eigenvalue weighted by Crippen LogP contribution is 2.40. The average Bonchev–Trinajstić information content (AvgIpc) is 2.50. The maximum atomic E-state index is 10.7. The highest BCUT2D eigenvalue weighted by Gasteiger charge is 2.36. The van der Waals surface area contributed by atoms with Gasteiger partial charge in [0.05, 0.1) is 12.6 Å². The predicted molar refractivity (Wildman–Crippen MR) is 80.9 cm³/mol. The number of hydrogen-bond donors (Lipinski definition) is 1. The molecule has 0 radical (unpaired) electrons. The second-order valence-corrected chi connectivity index (χ2v) is 5.77. The van der Waals surface area contributed by atoms with Gasteiger partial charge < -0.3 is 19.5 Å². The third kappa shape index (κ3) is 2.86. The normalized spacial score (nSPS) is 27.0. The van der Waals surface area contributed by atoms with Gasteiger partial charge in [0.25, 0.3) is 0 Å². The summed E-state index contributed by atoms with van der Waals surface area (Å²) in [5.41, 5.74) is 0.844. The SMILES string of the molecule is CCOc1cccc2c1OCC(N1CCN(C)CC1)C2O. The van der Waals surface area contributed by atoms with Crippen LogP contribution in [0.3, 0.4) is 0 Å². The zero-order valence-corrected chi connectivity index (χ0v) is 12.8. The molecule has 0 bridgehead atoms. The lowest BCUT2D eigenvalue weighted by atomic mass is 9.97.